The molecule has 0 aromatic heterocycles. The number of ether oxygens (including phenoxy) is 2. The third-order valence-electron chi connectivity index (χ3n) is 3.22. The maximum atomic E-state index is 11.7. The fourth-order valence-electron chi connectivity index (χ4n) is 2.27. The van der Waals surface area contributed by atoms with E-state index in [1.54, 1.807) is 6.07 Å². The first-order valence-electron chi connectivity index (χ1n) is 7.26. The molecule has 0 aliphatic heterocycles. The van der Waals surface area contributed by atoms with E-state index in [0.29, 0.717) is 12.4 Å². The highest BCUT2D eigenvalue weighted by Gasteiger charge is 2.42. The van der Waals surface area contributed by atoms with Gasteiger partial charge in [0.25, 0.3) is 0 Å². The quantitative estimate of drug-likeness (QED) is 0.894. The van der Waals surface area contributed by atoms with Crippen LogP contribution < -0.4 is 10.1 Å². The summed E-state index contributed by atoms with van der Waals surface area (Å²) >= 11 is 0. The van der Waals surface area contributed by atoms with Crippen molar-refractivity contribution in [1.82, 2.24) is 5.32 Å². The maximum absolute atomic E-state index is 11.7. The molecule has 1 aliphatic rings. The van der Waals surface area contributed by atoms with E-state index in [-0.39, 0.29) is 17.7 Å². The molecule has 2 atom stereocenters. The molecule has 0 bridgehead atoms. The number of para-hydroxylation sites is 1. The lowest BCUT2D eigenvalue weighted by molar-refractivity contribution is 0.0522. The first kappa shape index (κ1) is 15.5. The molecule has 21 heavy (non-hydrogen) atoms. The van der Waals surface area contributed by atoms with E-state index in [0.717, 1.165) is 12.0 Å². The number of carbonyl (C=O) groups excluding carboxylic acids is 1. The van der Waals surface area contributed by atoms with Gasteiger partial charge in [-0.15, -0.1) is 0 Å². The minimum absolute atomic E-state index is 0.00243. The van der Waals surface area contributed by atoms with E-state index in [4.69, 9.17) is 9.47 Å². The molecule has 1 aromatic rings. The Bertz CT molecular complexity index is 521. The van der Waals surface area contributed by atoms with Gasteiger partial charge < -0.3 is 19.9 Å². The SMILES string of the molecule is CCOc1cccc(C2CC2NC(=O)OC(C)(C)C)c1O. The highest BCUT2D eigenvalue weighted by molar-refractivity contribution is 5.69. The summed E-state index contributed by atoms with van der Waals surface area (Å²) in [6.07, 6.45) is 0.373. The van der Waals surface area contributed by atoms with Crippen molar-refractivity contribution in [3.63, 3.8) is 0 Å². The topological polar surface area (TPSA) is 67.8 Å². The lowest BCUT2D eigenvalue weighted by Crippen LogP contribution is -2.34. The number of aromatic hydroxyl groups is 1. The molecule has 1 aromatic carbocycles. The Hall–Kier alpha value is -1.91. The van der Waals surface area contributed by atoms with Crippen LogP contribution in [-0.4, -0.2) is 29.4 Å². The highest BCUT2D eigenvalue weighted by Crippen LogP contribution is 2.47. The molecule has 1 aliphatic carbocycles. The summed E-state index contributed by atoms with van der Waals surface area (Å²) in [6, 6.07) is 5.45. The Morgan fingerprint density at radius 2 is 2.14 bits per heavy atom. The third kappa shape index (κ3) is 4.03. The van der Waals surface area contributed by atoms with Gasteiger partial charge in [-0.3, -0.25) is 0 Å². The summed E-state index contributed by atoms with van der Waals surface area (Å²) in [6.45, 7) is 7.86. The molecule has 0 spiro atoms. The van der Waals surface area contributed by atoms with Crippen LogP contribution in [0.1, 0.15) is 45.6 Å². The number of carbonyl (C=O) groups is 1. The third-order valence-corrected chi connectivity index (χ3v) is 3.22. The van der Waals surface area contributed by atoms with Crippen LogP contribution in [0.25, 0.3) is 0 Å². The average molecular weight is 293 g/mol. The van der Waals surface area contributed by atoms with E-state index in [1.165, 1.54) is 0 Å². The van der Waals surface area contributed by atoms with Crippen LogP contribution in [0.15, 0.2) is 18.2 Å². The van der Waals surface area contributed by atoms with Crippen molar-refractivity contribution in [3.05, 3.63) is 23.8 Å². The van der Waals surface area contributed by atoms with Crippen LogP contribution >= 0.6 is 0 Å². The first-order valence-corrected chi connectivity index (χ1v) is 7.26. The van der Waals surface area contributed by atoms with Crippen molar-refractivity contribution in [2.24, 2.45) is 0 Å². The zero-order valence-electron chi connectivity index (χ0n) is 13.0. The second-order valence-corrected chi connectivity index (χ2v) is 6.22. The van der Waals surface area contributed by atoms with Gasteiger partial charge in [-0.05, 0) is 40.2 Å². The van der Waals surface area contributed by atoms with Crippen molar-refractivity contribution < 1.29 is 19.4 Å². The molecule has 1 fully saturated rings. The maximum Gasteiger partial charge on any atom is 0.407 e. The van der Waals surface area contributed by atoms with Crippen molar-refractivity contribution in [2.75, 3.05) is 6.61 Å². The van der Waals surface area contributed by atoms with E-state index >= 15 is 0 Å². The second kappa shape index (κ2) is 5.84. The van der Waals surface area contributed by atoms with Gasteiger partial charge in [-0.2, -0.15) is 0 Å². The van der Waals surface area contributed by atoms with Crippen molar-refractivity contribution in [2.45, 2.75) is 51.7 Å². The van der Waals surface area contributed by atoms with E-state index in [2.05, 4.69) is 5.32 Å². The van der Waals surface area contributed by atoms with Crippen LogP contribution in [0.2, 0.25) is 0 Å². The number of amides is 1. The summed E-state index contributed by atoms with van der Waals surface area (Å²) in [5, 5.41) is 13.0. The predicted octanol–water partition coefficient (Wildman–Crippen LogP) is 3.17. The molecule has 1 amide bonds. The monoisotopic (exact) mass is 293 g/mol. The molecule has 5 nitrogen and oxygen atoms in total. The van der Waals surface area contributed by atoms with Crippen molar-refractivity contribution in [1.29, 1.82) is 0 Å². The Labute approximate surface area is 125 Å². The number of hydrogen-bond donors (Lipinski definition) is 2. The van der Waals surface area contributed by atoms with Crippen LogP contribution in [0.4, 0.5) is 4.79 Å². The number of phenolic OH excluding ortho intramolecular Hbond substituents is 1. The standard InChI is InChI=1S/C16H23NO4/c1-5-20-13-8-6-7-10(14(13)18)11-9-12(11)17-15(19)21-16(2,3)4/h6-8,11-12,18H,5,9H2,1-4H3,(H,17,19). The number of alkyl carbamates (subject to hydrolysis) is 1. The normalized spacial score (nSPS) is 20.8. The summed E-state index contributed by atoms with van der Waals surface area (Å²) in [7, 11) is 0. The fourth-order valence-corrected chi connectivity index (χ4v) is 2.27. The molecule has 0 saturated heterocycles. The number of nitrogens with one attached hydrogen (secondary N) is 1. The lowest BCUT2D eigenvalue weighted by Gasteiger charge is -2.19. The molecule has 0 radical (unpaired) electrons. The molecular formula is C16H23NO4. The fraction of sp³-hybridized carbons (Fsp3) is 0.562. The number of phenols is 1. The number of hydrogen-bond acceptors (Lipinski definition) is 4. The smallest absolute Gasteiger partial charge is 0.407 e. The van der Waals surface area contributed by atoms with Gasteiger partial charge >= 0.3 is 6.09 Å². The van der Waals surface area contributed by atoms with Crippen molar-refractivity contribution in [3.8, 4) is 11.5 Å². The second-order valence-electron chi connectivity index (χ2n) is 6.22. The van der Waals surface area contributed by atoms with Crippen molar-refractivity contribution >= 4 is 6.09 Å². The molecule has 1 saturated carbocycles. The van der Waals surface area contributed by atoms with Gasteiger partial charge in [0.15, 0.2) is 11.5 Å². The van der Waals surface area contributed by atoms with Gasteiger partial charge in [-0.25, -0.2) is 4.79 Å². The Morgan fingerprint density at radius 3 is 2.76 bits per heavy atom. The molecule has 0 heterocycles. The van der Waals surface area contributed by atoms with Gasteiger partial charge in [0.2, 0.25) is 0 Å². The van der Waals surface area contributed by atoms with Crippen LogP contribution in [-0.2, 0) is 4.74 Å². The first-order chi connectivity index (χ1) is 9.81. The molecule has 116 valence electrons. The van der Waals surface area contributed by atoms with E-state index in [1.807, 2.05) is 39.8 Å². The molecule has 5 heteroatoms. The van der Waals surface area contributed by atoms with Gasteiger partial charge in [-0.1, -0.05) is 12.1 Å². The zero-order valence-corrected chi connectivity index (χ0v) is 13.0. The zero-order chi connectivity index (χ0) is 15.6. The Kier molecular flexibility index (Phi) is 4.30. The van der Waals surface area contributed by atoms with Crippen LogP contribution in [0.5, 0.6) is 11.5 Å². The molecule has 2 rings (SSSR count). The summed E-state index contributed by atoms with van der Waals surface area (Å²) in [5.74, 6) is 0.758. The summed E-state index contributed by atoms with van der Waals surface area (Å²) in [5.41, 5.74) is 0.299. The molecular weight excluding hydrogens is 270 g/mol. The largest absolute Gasteiger partial charge is 0.504 e. The highest BCUT2D eigenvalue weighted by atomic mass is 16.6. The predicted molar refractivity (Wildman–Crippen MR) is 79.8 cm³/mol. The summed E-state index contributed by atoms with van der Waals surface area (Å²) in [4.78, 5) is 11.7. The Morgan fingerprint density at radius 1 is 1.43 bits per heavy atom. The van der Waals surface area contributed by atoms with E-state index < -0.39 is 11.7 Å². The minimum Gasteiger partial charge on any atom is -0.504 e. The average Bonchev–Trinajstić information content (AvgIpc) is 3.08. The minimum atomic E-state index is -0.508. The van der Waals surface area contributed by atoms with Gasteiger partial charge in [0.1, 0.15) is 5.60 Å². The number of benzene rings is 1. The van der Waals surface area contributed by atoms with E-state index in [9.17, 15) is 9.90 Å². The lowest BCUT2D eigenvalue weighted by atomic mass is 10.1. The molecule has 2 unspecified atom stereocenters. The number of rotatable bonds is 4. The Balaban J connectivity index is 1.97. The van der Waals surface area contributed by atoms with Crippen LogP contribution in [0.3, 0.4) is 0 Å². The molecule has 2 N–H and O–H groups in total. The van der Waals surface area contributed by atoms with Crippen LogP contribution in [0, 0.1) is 0 Å². The summed E-state index contributed by atoms with van der Waals surface area (Å²) < 4.78 is 10.6. The van der Waals surface area contributed by atoms with Gasteiger partial charge in [0.05, 0.1) is 6.61 Å². The van der Waals surface area contributed by atoms with Gasteiger partial charge in [0, 0.05) is 17.5 Å².